The van der Waals surface area contributed by atoms with E-state index in [2.05, 4.69) is 23.7 Å². The van der Waals surface area contributed by atoms with Crippen LogP contribution < -0.4 is 11.2 Å². The number of unbranched alkanes of at least 4 members (excludes halogenated alkanes) is 2. The molecule has 1 heterocycles. The van der Waals surface area contributed by atoms with E-state index in [9.17, 15) is 9.59 Å². The molecule has 0 spiro atoms. The molecule has 0 aromatic carbocycles. The maximum atomic E-state index is 11.6. The summed E-state index contributed by atoms with van der Waals surface area (Å²) in [6, 6.07) is 0. The predicted molar refractivity (Wildman–Crippen MR) is 80.7 cm³/mol. The van der Waals surface area contributed by atoms with Gasteiger partial charge in [0.25, 0.3) is 5.56 Å². The average Bonchev–Trinajstić information content (AvgIpc) is 2.46. The van der Waals surface area contributed by atoms with Crippen molar-refractivity contribution in [3.05, 3.63) is 38.7 Å². The number of nitrogens with one attached hydrogen (secondary N) is 1. The number of aromatic nitrogens is 2. The SMILES string of the molecule is CCCCC#C/C=C/c1cn(COCCO)c(=O)[nH]c1=O. The molecule has 6 nitrogen and oxygen atoms in total. The molecule has 0 bridgehead atoms. The van der Waals surface area contributed by atoms with Crippen LogP contribution in [0.3, 0.4) is 0 Å². The molecule has 1 aromatic rings. The molecule has 0 aliphatic rings. The fourth-order valence-corrected chi connectivity index (χ4v) is 1.50. The number of allylic oxidation sites excluding steroid dienone is 1. The molecular formula is C15H20N2O4. The molecule has 1 aromatic heterocycles. The molecule has 0 aliphatic heterocycles. The van der Waals surface area contributed by atoms with Crippen LogP contribution in [0, 0.1) is 11.8 Å². The highest BCUT2D eigenvalue weighted by molar-refractivity contribution is 5.50. The van der Waals surface area contributed by atoms with Gasteiger partial charge >= 0.3 is 5.69 Å². The smallest absolute Gasteiger partial charge is 0.330 e. The fourth-order valence-electron chi connectivity index (χ4n) is 1.50. The van der Waals surface area contributed by atoms with Crippen LogP contribution in [0.5, 0.6) is 0 Å². The third-order valence-electron chi connectivity index (χ3n) is 2.61. The lowest BCUT2D eigenvalue weighted by Crippen LogP contribution is -2.31. The summed E-state index contributed by atoms with van der Waals surface area (Å²) in [4.78, 5) is 25.4. The maximum absolute atomic E-state index is 11.6. The van der Waals surface area contributed by atoms with Gasteiger partial charge in [-0.05, 0) is 18.6 Å². The zero-order valence-electron chi connectivity index (χ0n) is 12.1. The minimum absolute atomic E-state index is 0.0286. The summed E-state index contributed by atoms with van der Waals surface area (Å²) in [5.74, 6) is 5.82. The topological polar surface area (TPSA) is 84.3 Å². The Labute approximate surface area is 123 Å². The zero-order valence-corrected chi connectivity index (χ0v) is 12.1. The number of hydrogen-bond donors (Lipinski definition) is 2. The highest BCUT2D eigenvalue weighted by Gasteiger charge is 2.01. The van der Waals surface area contributed by atoms with Crippen LogP contribution in [0.15, 0.2) is 21.9 Å². The zero-order chi connectivity index (χ0) is 15.5. The molecular weight excluding hydrogens is 272 g/mol. The van der Waals surface area contributed by atoms with Crippen molar-refractivity contribution in [3.8, 4) is 11.8 Å². The number of nitrogens with zero attached hydrogens (tertiary/aromatic N) is 1. The number of rotatable bonds is 7. The van der Waals surface area contributed by atoms with Crippen LogP contribution >= 0.6 is 0 Å². The van der Waals surface area contributed by atoms with Gasteiger partial charge in [0, 0.05) is 12.6 Å². The normalized spacial score (nSPS) is 10.6. The van der Waals surface area contributed by atoms with Crippen LogP contribution in [-0.4, -0.2) is 27.9 Å². The fraction of sp³-hybridized carbons (Fsp3) is 0.467. The van der Waals surface area contributed by atoms with Crippen molar-refractivity contribution >= 4 is 6.08 Å². The summed E-state index contributed by atoms with van der Waals surface area (Å²) in [6.07, 6.45) is 7.52. The van der Waals surface area contributed by atoms with Crippen molar-refractivity contribution in [3.63, 3.8) is 0 Å². The summed E-state index contributed by atoms with van der Waals surface area (Å²) < 4.78 is 6.28. The first-order valence-corrected chi connectivity index (χ1v) is 6.86. The molecule has 0 saturated carbocycles. The van der Waals surface area contributed by atoms with Crippen molar-refractivity contribution in [1.29, 1.82) is 0 Å². The first-order valence-electron chi connectivity index (χ1n) is 6.86. The van der Waals surface area contributed by atoms with Crippen molar-refractivity contribution in [2.45, 2.75) is 32.9 Å². The molecule has 6 heteroatoms. The Morgan fingerprint density at radius 1 is 1.48 bits per heavy atom. The maximum Gasteiger partial charge on any atom is 0.330 e. The van der Waals surface area contributed by atoms with Gasteiger partial charge < -0.3 is 9.84 Å². The van der Waals surface area contributed by atoms with Gasteiger partial charge in [-0.1, -0.05) is 25.2 Å². The lowest BCUT2D eigenvalue weighted by atomic mass is 10.2. The number of hydrogen-bond acceptors (Lipinski definition) is 4. The van der Waals surface area contributed by atoms with Gasteiger partial charge in [-0.15, -0.1) is 0 Å². The van der Waals surface area contributed by atoms with Crippen LogP contribution in [0.1, 0.15) is 31.7 Å². The van der Waals surface area contributed by atoms with E-state index in [0.29, 0.717) is 5.56 Å². The van der Waals surface area contributed by atoms with E-state index < -0.39 is 11.2 Å². The van der Waals surface area contributed by atoms with Gasteiger partial charge in [0.05, 0.1) is 18.8 Å². The summed E-state index contributed by atoms with van der Waals surface area (Å²) in [5.41, 5.74) is -0.693. The monoisotopic (exact) mass is 292 g/mol. The lowest BCUT2D eigenvalue weighted by Gasteiger charge is -2.05. The van der Waals surface area contributed by atoms with Crippen LogP contribution in [-0.2, 0) is 11.5 Å². The first kappa shape index (κ1) is 17.0. The Morgan fingerprint density at radius 2 is 2.29 bits per heavy atom. The van der Waals surface area contributed by atoms with Crippen LogP contribution in [0.25, 0.3) is 6.08 Å². The van der Waals surface area contributed by atoms with Crippen molar-refractivity contribution < 1.29 is 9.84 Å². The quantitative estimate of drug-likeness (QED) is 0.572. The molecule has 21 heavy (non-hydrogen) atoms. The molecule has 0 radical (unpaired) electrons. The minimum Gasteiger partial charge on any atom is -0.394 e. The predicted octanol–water partition coefficient (Wildman–Crippen LogP) is 0.710. The number of aromatic amines is 1. The number of aliphatic hydroxyl groups excluding tert-OH is 1. The minimum atomic E-state index is -0.552. The van der Waals surface area contributed by atoms with Gasteiger partial charge in [0.1, 0.15) is 6.73 Å². The average molecular weight is 292 g/mol. The molecule has 0 fully saturated rings. The molecule has 0 unspecified atom stereocenters. The Hall–Kier alpha value is -2.10. The molecule has 2 N–H and O–H groups in total. The van der Waals surface area contributed by atoms with Crippen LogP contribution in [0.2, 0.25) is 0 Å². The van der Waals surface area contributed by atoms with Gasteiger partial charge in [0.15, 0.2) is 0 Å². The van der Waals surface area contributed by atoms with Crippen molar-refractivity contribution in [2.75, 3.05) is 13.2 Å². The number of aliphatic hydroxyl groups is 1. The first-order chi connectivity index (χ1) is 10.2. The van der Waals surface area contributed by atoms with E-state index in [4.69, 9.17) is 9.84 Å². The van der Waals surface area contributed by atoms with Gasteiger partial charge in [-0.25, -0.2) is 4.79 Å². The molecule has 114 valence electrons. The Kier molecular flexibility index (Phi) is 7.87. The Balaban J connectivity index is 2.79. The van der Waals surface area contributed by atoms with E-state index in [1.54, 1.807) is 12.2 Å². The summed E-state index contributed by atoms with van der Waals surface area (Å²) in [5, 5.41) is 8.62. The highest BCUT2D eigenvalue weighted by atomic mass is 16.5. The van der Waals surface area contributed by atoms with Gasteiger partial charge in [-0.3, -0.25) is 14.3 Å². The summed E-state index contributed by atoms with van der Waals surface area (Å²) in [7, 11) is 0. The largest absolute Gasteiger partial charge is 0.394 e. The number of H-pyrrole nitrogens is 1. The second-order valence-electron chi connectivity index (χ2n) is 4.33. The summed E-state index contributed by atoms with van der Waals surface area (Å²) >= 11 is 0. The van der Waals surface area contributed by atoms with Gasteiger partial charge in [0.2, 0.25) is 0 Å². The number of ether oxygens (including phenoxy) is 1. The molecule has 1 rings (SSSR count). The molecule has 0 amide bonds. The van der Waals surface area contributed by atoms with E-state index in [-0.39, 0.29) is 19.9 Å². The molecule has 0 aliphatic carbocycles. The van der Waals surface area contributed by atoms with E-state index in [1.807, 2.05) is 0 Å². The Bertz CT molecular complexity index is 632. The van der Waals surface area contributed by atoms with Crippen molar-refractivity contribution in [1.82, 2.24) is 9.55 Å². The highest BCUT2D eigenvalue weighted by Crippen LogP contribution is 1.94. The molecule has 0 saturated heterocycles. The third kappa shape index (κ3) is 6.25. The molecule has 0 atom stereocenters. The summed E-state index contributed by atoms with van der Waals surface area (Å²) in [6.45, 7) is 2.07. The standard InChI is InChI=1S/C15H20N2O4/c1-2-3-4-5-6-7-8-13-11-17(12-21-10-9-18)15(20)16-14(13)19/h7-8,11,18H,2-4,9-10,12H2,1H3,(H,16,19,20)/b8-7+. The lowest BCUT2D eigenvalue weighted by molar-refractivity contribution is 0.0456. The van der Waals surface area contributed by atoms with Gasteiger partial charge in [-0.2, -0.15) is 0 Å². The van der Waals surface area contributed by atoms with E-state index in [0.717, 1.165) is 19.3 Å². The third-order valence-corrected chi connectivity index (χ3v) is 2.61. The van der Waals surface area contributed by atoms with Crippen molar-refractivity contribution in [2.24, 2.45) is 0 Å². The second kappa shape index (κ2) is 9.75. The van der Waals surface area contributed by atoms with Crippen LogP contribution in [0.4, 0.5) is 0 Å². The van der Waals surface area contributed by atoms with E-state index >= 15 is 0 Å². The van der Waals surface area contributed by atoms with E-state index in [1.165, 1.54) is 10.8 Å². The Morgan fingerprint density at radius 3 is 3.00 bits per heavy atom. The second-order valence-corrected chi connectivity index (χ2v) is 4.33.